The summed E-state index contributed by atoms with van der Waals surface area (Å²) in [6.07, 6.45) is 15.0. The summed E-state index contributed by atoms with van der Waals surface area (Å²) in [5.74, 6) is -0.995. The Hall–Kier alpha value is -3.24. The highest BCUT2D eigenvalue weighted by molar-refractivity contribution is 8.13. The van der Waals surface area contributed by atoms with Crippen molar-refractivity contribution in [2.45, 2.75) is 76.3 Å². The number of benzene rings is 2. The van der Waals surface area contributed by atoms with E-state index in [1.165, 1.54) is 56.7 Å². The molecular weight excluding hydrogens is 974 g/mol. The lowest BCUT2D eigenvalue weighted by atomic mass is 10.1. The van der Waals surface area contributed by atoms with Crippen molar-refractivity contribution in [3.05, 3.63) is 79.0 Å². The fraction of sp³-hybridized carbons (Fsp3) is 0.475. The number of carbonyl (C=O) groups is 3. The van der Waals surface area contributed by atoms with Gasteiger partial charge in [0.1, 0.15) is 24.8 Å². The van der Waals surface area contributed by atoms with Crippen molar-refractivity contribution in [2.75, 3.05) is 50.2 Å². The summed E-state index contributed by atoms with van der Waals surface area (Å²) in [4.78, 5) is 68.4. The lowest BCUT2D eigenvalue weighted by molar-refractivity contribution is -0.193. The van der Waals surface area contributed by atoms with Crippen LogP contribution in [0.1, 0.15) is 58.3 Å². The number of aliphatic carboxylic acids is 1. The van der Waals surface area contributed by atoms with Crippen LogP contribution in [0, 0.1) is 5.82 Å². The molecule has 1 aliphatic heterocycles. The monoisotopic (exact) mass is 1030 g/mol. The van der Waals surface area contributed by atoms with E-state index in [0.29, 0.717) is 45.1 Å². The Labute approximate surface area is 397 Å². The quantitative estimate of drug-likeness (QED) is 0.0301. The summed E-state index contributed by atoms with van der Waals surface area (Å²) in [6.45, 7) is 3.05. The number of halogens is 3. The first-order valence-electron chi connectivity index (χ1n) is 19.8. The molecule has 24 heteroatoms. The zero-order chi connectivity index (χ0) is 47.7. The zero-order valence-corrected chi connectivity index (χ0v) is 41.8. The second-order valence-electron chi connectivity index (χ2n) is 13.9. The van der Waals surface area contributed by atoms with E-state index in [-0.39, 0.29) is 31.8 Å². The minimum absolute atomic E-state index is 0.0605. The molecule has 3 N–H and O–H groups in total. The maximum absolute atomic E-state index is 14.3. The van der Waals surface area contributed by atoms with Gasteiger partial charge in [-0.15, -0.1) is 22.0 Å². The molecule has 5 rings (SSSR count). The van der Waals surface area contributed by atoms with E-state index >= 15 is 0 Å². The van der Waals surface area contributed by atoms with Crippen molar-refractivity contribution in [3.8, 4) is 17.0 Å². The van der Waals surface area contributed by atoms with Crippen molar-refractivity contribution in [1.29, 1.82) is 0 Å². The maximum atomic E-state index is 14.3. The minimum atomic E-state index is -4.35. The summed E-state index contributed by atoms with van der Waals surface area (Å²) in [6, 6.07) is 13.6. The molecule has 0 amide bonds. The van der Waals surface area contributed by atoms with Crippen LogP contribution in [-0.2, 0) is 42.9 Å². The Balaban J connectivity index is 0.000000341. The summed E-state index contributed by atoms with van der Waals surface area (Å²) in [5.41, 5.74) is 1.42. The molecule has 1 atom stereocenters. The van der Waals surface area contributed by atoms with Crippen LogP contribution in [-0.4, -0.2) is 97.0 Å². The van der Waals surface area contributed by atoms with E-state index in [1.807, 2.05) is 35.6 Å². The first-order valence-corrected chi connectivity index (χ1v) is 27.5. The number of carboxylic acid groups (broad SMARTS) is 1. The number of ether oxygens (including phenoxy) is 2. The molecule has 3 heterocycles. The van der Waals surface area contributed by atoms with Crippen LogP contribution in [0.25, 0.3) is 11.3 Å². The summed E-state index contributed by atoms with van der Waals surface area (Å²) >= 11 is 15.3. The predicted octanol–water partition coefficient (Wildman–Crippen LogP) is 7.84. The molecule has 354 valence electrons. The molecule has 0 saturated heterocycles. The van der Waals surface area contributed by atoms with Gasteiger partial charge < -0.3 is 28.9 Å². The van der Waals surface area contributed by atoms with Crippen LogP contribution in [0.2, 0.25) is 10.2 Å². The average molecular weight is 1030 g/mol. The lowest BCUT2D eigenvalue weighted by Crippen LogP contribution is -2.31. The molecule has 2 aromatic carbocycles. The van der Waals surface area contributed by atoms with Crippen LogP contribution in [0.15, 0.2) is 63.2 Å². The molecule has 16 nitrogen and oxygen atoms in total. The molecular formula is C40H54Cl2FN6O10PS4. The summed E-state index contributed by atoms with van der Waals surface area (Å²) in [5, 5.41) is 18.0. The van der Waals surface area contributed by atoms with Crippen LogP contribution >= 0.6 is 65.7 Å². The molecule has 1 aliphatic rings. The number of nitrogens with zero attached hydrogens (tertiary/aromatic N) is 5. The Bertz CT molecular complexity index is 2260. The van der Waals surface area contributed by atoms with Crippen molar-refractivity contribution in [3.63, 3.8) is 0 Å². The van der Waals surface area contributed by atoms with E-state index in [2.05, 4.69) is 45.6 Å². The number of nitrogens with one attached hydrogen (secondary N) is 1. The molecule has 0 radical (unpaired) electrons. The Morgan fingerprint density at radius 2 is 1.67 bits per heavy atom. The minimum Gasteiger partial charge on any atom is -0.778 e. The molecule has 64 heavy (non-hydrogen) atoms. The van der Waals surface area contributed by atoms with Crippen molar-refractivity contribution >= 4 is 99.5 Å². The number of carbonyl (C=O) groups excluding carboxylic acids is 2. The van der Waals surface area contributed by atoms with Crippen LogP contribution in [0.5, 0.6) is 5.75 Å². The van der Waals surface area contributed by atoms with Gasteiger partial charge in [-0.1, -0.05) is 92.6 Å². The number of aromatic nitrogens is 4. The van der Waals surface area contributed by atoms with Crippen molar-refractivity contribution < 1.29 is 47.7 Å². The molecule has 1 unspecified atom stereocenters. The number of thioether (sulfide) groups is 2. The van der Waals surface area contributed by atoms with E-state index < -0.39 is 38.2 Å². The van der Waals surface area contributed by atoms with E-state index in [9.17, 15) is 33.0 Å². The van der Waals surface area contributed by atoms with Gasteiger partial charge in [-0.25, -0.2) is 18.9 Å². The fourth-order valence-electron chi connectivity index (χ4n) is 5.12. The van der Waals surface area contributed by atoms with Gasteiger partial charge in [-0.2, -0.15) is 0 Å². The third kappa shape index (κ3) is 23.3. The summed E-state index contributed by atoms with van der Waals surface area (Å²) in [7, 11) is -2.41. The first-order chi connectivity index (χ1) is 30.3. The Kier molecular flexibility index (Phi) is 27.4. The van der Waals surface area contributed by atoms with Gasteiger partial charge >= 0.3 is 22.1 Å². The topological polar surface area (TPSA) is 227 Å². The van der Waals surface area contributed by atoms with Crippen LogP contribution in [0.4, 0.5) is 14.9 Å². The number of carboxylic acids is 1. The molecule has 0 fully saturated rings. The van der Waals surface area contributed by atoms with Crippen LogP contribution < -0.4 is 24.6 Å². The van der Waals surface area contributed by atoms with E-state index in [4.69, 9.17) is 37.9 Å². The Morgan fingerprint density at radius 1 is 1.03 bits per heavy atom. The third-order valence-corrected chi connectivity index (χ3v) is 11.9. The van der Waals surface area contributed by atoms with Gasteiger partial charge in [0, 0.05) is 35.4 Å². The van der Waals surface area contributed by atoms with Gasteiger partial charge in [0.15, 0.2) is 10.9 Å². The number of hydrogen-bond donors (Lipinski definition) is 3. The molecule has 0 aliphatic carbocycles. The predicted molar refractivity (Wildman–Crippen MR) is 255 cm³/mol. The summed E-state index contributed by atoms with van der Waals surface area (Å²) < 4.78 is 37.7. The van der Waals surface area contributed by atoms with E-state index in [1.54, 1.807) is 9.36 Å². The average Bonchev–Trinajstić information content (AvgIpc) is 3.55. The molecule has 0 spiro atoms. The standard InChI is InChI=1S/C19H23ClN2O2S.C15H15ClFN3O3S2.C3H8NO5P.C3H9S/c1-2-3-4-5-6-10-13-25-19(23)24-16-14-17(20)21-22-18(16)15-11-8-7-9-12-15;1-23-13(21)8-24-12-7-11(10(17)6-9(12)16)18-14-19-4-2-3-5-20(19)15(22)25-14;5-3(6)1-4-2-10(7,8)9;1-4(2)3/h7-9,11-12,14H,2-6,10,13H2,1H3;6-7H,2-5,8H2,1H3;4H,1-2H2,(H,5,6)(H2,7,8,9);1-3H3/q;;;+1/p-1. The highest BCUT2D eigenvalue weighted by atomic mass is 35.5. The Morgan fingerprint density at radius 3 is 2.30 bits per heavy atom. The number of fused-ring (bicyclic) bond motifs is 1. The highest BCUT2D eigenvalue weighted by Crippen LogP contribution is 2.34. The third-order valence-electron chi connectivity index (χ3n) is 7.96. The van der Waals surface area contributed by atoms with Gasteiger partial charge in [0.25, 0.3) is 0 Å². The van der Waals surface area contributed by atoms with Gasteiger partial charge in [0.2, 0.25) is 4.80 Å². The first kappa shape index (κ1) is 56.9. The molecule has 4 aromatic rings. The second-order valence-corrected chi connectivity index (χ2v) is 21.7. The smallest absolute Gasteiger partial charge is 0.372 e. The number of unbranched alkanes of at least 4 members (excludes halogenated alkanes) is 5. The van der Waals surface area contributed by atoms with Gasteiger partial charge in [-0.3, -0.25) is 24.4 Å². The number of hydrogen-bond acceptors (Lipinski definition) is 15. The van der Waals surface area contributed by atoms with Crippen molar-refractivity contribution in [1.82, 2.24) is 24.9 Å². The van der Waals surface area contributed by atoms with Gasteiger partial charge in [0.05, 0.1) is 49.5 Å². The molecule has 2 aromatic heterocycles. The second kappa shape index (κ2) is 30.9. The SMILES string of the molecule is CCCCCCCCSC(=O)Oc1cc(Cl)nnc1-c1ccccc1.COC(=O)CSc1cc(N=c2sc(=O)n3n2CCCC3)c(F)cc1Cl.C[S+](C)C.O=C(O)CNCP(=O)([O-])O. The zero-order valence-electron chi connectivity index (χ0n) is 36.1. The highest BCUT2D eigenvalue weighted by Gasteiger charge is 2.17. The number of rotatable bonds is 17. The van der Waals surface area contributed by atoms with Crippen LogP contribution in [0.3, 0.4) is 0 Å². The normalized spacial score (nSPS) is 12.9. The van der Waals surface area contributed by atoms with Gasteiger partial charge in [-0.05, 0) is 65.4 Å². The maximum Gasteiger partial charge on any atom is 0.372 e. The largest absolute Gasteiger partial charge is 0.778 e. The number of esters is 1. The fourth-order valence-corrected chi connectivity index (χ4v) is 8.30. The molecule has 0 bridgehead atoms. The number of methoxy groups -OCH3 is 1. The lowest BCUT2D eigenvalue weighted by Gasteiger charge is -2.15. The van der Waals surface area contributed by atoms with E-state index in [0.717, 1.165) is 66.2 Å². The molecule has 0 saturated carbocycles. The van der Waals surface area contributed by atoms with Crippen molar-refractivity contribution in [2.24, 2.45) is 4.99 Å².